The number of rotatable bonds is 3. The second-order valence-electron chi connectivity index (χ2n) is 7.66. The molecule has 0 unspecified atom stereocenters. The molecule has 8 heteroatoms. The molecule has 156 valence electrons. The minimum atomic E-state index is -0.541. The van der Waals surface area contributed by atoms with Crippen molar-refractivity contribution in [3.8, 4) is 0 Å². The Kier molecular flexibility index (Phi) is 4.67. The molecule has 5 rings (SSSR count). The summed E-state index contributed by atoms with van der Waals surface area (Å²) < 4.78 is 31.4. The van der Waals surface area contributed by atoms with E-state index in [0.717, 1.165) is 5.56 Å². The summed E-state index contributed by atoms with van der Waals surface area (Å²) in [6.07, 6.45) is 1.28. The number of carbonyl (C=O) groups is 1. The lowest BCUT2D eigenvalue weighted by Crippen LogP contribution is -2.47. The van der Waals surface area contributed by atoms with Gasteiger partial charge in [-0.05, 0) is 35.9 Å². The van der Waals surface area contributed by atoms with E-state index < -0.39 is 11.5 Å². The summed E-state index contributed by atoms with van der Waals surface area (Å²) in [5.41, 5.74) is 2.19. The predicted molar refractivity (Wildman–Crippen MR) is 106 cm³/mol. The lowest BCUT2D eigenvalue weighted by Gasteiger charge is -2.37. The lowest BCUT2D eigenvalue weighted by molar-refractivity contribution is -0.181. The maximum absolute atomic E-state index is 13.2. The Morgan fingerprint density at radius 2 is 1.73 bits per heavy atom. The fourth-order valence-corrected chi connectivity index (χ4v) is 4.14. The third-order valence-electron chi connectivity index (χ3n) is 5.79. The molecular formula is C22H21FN2O5. The van der Waals surface area contributed by atoms with Gasteiger partial charge < -0.3 is 18.8 Å². The number of hydrogen-bond acceptors (Lipinski definition) is 5. The molecule has 2 aromatic carbocycles. The van der Waals surface area contributed by atoms with Gasteiger partial charge in [-0.1, -0.05) is 12.1 Å². The van der Waals surface area contributed by atoms with Crippen LogP contribution in [0, 0.1) is 5.82 Å². The predicted octanol–water partition coefficient (Wildman–Crippen LogP) is 2.76. The second-order valence-corrected chi connectivity index (χ2v) is 7.66. The normalized spacial score (nSPS) is 18.4. The molecular weight excluding hydrogens is 391 g/mol. The summed E-state index contributed by atoms with van der Waals surface area (Å²) in [5, 5.41) is 0. The number of fused-ring (bicyclic) bond motifs is 1. The van der Waals surface area contributed by atoms with Crippen molar-refractivity contribution in [2.75, 3.05) is 26.3 Å². The number of likely N-dealkylation sites (tertiary alicyclic amines) is 1. The van der Waals surface area contributed by atoms with E-state index in [0.29, 0.717) is 55.8 Å². The van der Waals surface area contributed by atoms with Crippen LogP contribution in [0.5, 0.6) is 0 Å². The first kappa shape index (κ1) is 19.0. The number of aromatic nitrogens is 1. The molecule has 2 fully saturated rings. The van der Waals surface area contributed by atoms with Crippen LogP contribution >= 0.6 is 0 Å². The van der Waals surface area contributed by atoms with Crippen LogP contribution in [0.15, 0.2) is 51.7 Å². The average molecular weight is 412 g/mol. The van der Waals surface area contributed by atoms with E-state index in [1.807, 2.05) is 0 Å². The van der Waals surface area contributed by atoms with E-state index in [1.54, 1.807) is 35.2 Å². The van der Waals surface area contributed by atoms with E-state index in [-0.39, 0.29) is 18.3 Å². The molecule has 0 N–H and O–H groups in total. The van der Waals surface area contributed by atoms with Gasteiger partial charge in [0.15, 0.2) is 11.4 Å². The van der Waals surface area contributed by atoms with Crippen LogP contribution < -0.4 is 5.76 Å². The number of piperidine rings is 1. The molecule has 30 heavy (non-hydrogen) atoms. The van der Waals surface area contributed by atoms with Crippen molar-refractivity contribution in [2.45, 2.75) is 25.2 Å². The minimum absolute atomic E-state index is 0.105. The second kappa shape index (κ2) is 7.37. The number of nitrogens with zero attached hydrogens (tertiary/aromatic N) is 2. The first-order chi connectivity index (χ1) is 14.5. The molecule has 7 nitrogen and oxygen atoms in total. The summed E-state index contributed by atoms with van der Waals surface area (Å²) in [6.45, 7) is 2.51. The number of halogens is 1. The summed E-state index contributed by atoms with van der Waals surface area (Å²) in [5.74, 6) is -1.50. The van der Waals surface area contributed by atoms with Crippen molar-refractivity contribution in [3.63, 3.8) is 0 Å². The molecule has 2 saturated heterocycles. The SMILES string of the molecule is O=C(c1ccc2oc(=O)n(Cc3ccc(F)cc3)c2c1)N1CCC2(CC1)OCCO2. The van der Waals surface area contributed by atoms with E-state index in [1.165, 1.54) is 16.7 Å². The molecule has 2 aliphatic rings. The first-order valence-electron chi connectivity index (χ1n) is 9.98. The zero-order chi connectivity index (χ0) is 20.7. The van der Waals surface area contributed by atoms with Crippen LogP contribution in [0.1, 0.15) is 28.8 Å². The number of hydrogen-bond donors (Lipinski definition) is 0. The zero-order valence-corrected chi connectivity index (χ0v) is 16.3. The largest absolute Gasteiger partial charge is 0.420 e. The third-order valence-corrected chi connectivity index (χ3v) is 5.79. The monoisotopic (exact) mass is 412 g/mol. The number of carbonyl (C=O) groups excluding carboxylic acids is 1. The summed E-state index contributed by atoms with van der Waals surface area (Å²) in [7, 11) is 0. The Morgan fingerprint density at radius 1 is 1.03 bits per heavy atom. The summed E-state index contributed by atoms with van der Waals surface area (Å²) in [4.78, 5) is 27.2. The summed E-state index contributed by atoms with van der Waals surface area (Å²) in [6, 6.07) is 10.9. The molecule has 2 aliphatic heterocycles. The lowest BCUT2D eigenvalue weighted by atomic mass is 10.0. The van der Waals surface area contributed by atoms with Crippen molar-refractivity contribution >= 4 is 17.0 Å². The van der Waals surface area contributed by atoms with Gasteiger partial charge in [0.05, 0.1) is 25.3 Å². The van der Waals surface area contributed by atoms with Crippen LogP contribution in [-0.2, 0) is 16.0 Å². The Morgan fingerprint density at radius 3 is 2.43 bits per heavy atom. The number of amides is 1. The van der Waals surface area contributed by atoms with Crippen LogP contribution in [0.2, 0.25) is 0 Å². The van der Waals surface area contributed by atoms with Crippen LogP contribution in [-0.4, -0.2) is 47.5 Å². The molecule has 0 bridgehead atoms. The maximum Gasteiger partial charge on any atom is 0.420 e. The van der Waals surface area contributed by atoms with Crippen LogP contribution in [0.25, 0.3) is 11.1 Å². The topological polar surface area (TPSA) is 73.9 Å². The number of ether oxygens (including phenoxy) is 2. The van der Waals surface area contributed by atoms with Gasteiger partial charge >= 0.3 is 5.76 Å². The van der Waals surface area contributed by atoms with Crippen LogP contribution in [0.3, 0.4) is 0 Å². The van der Waals surface area contributed by atoms with Gasteiger partial charge in [0, 0.05) is 31.5 Å². The molecule has 3 heterocycles. The standard InChI is InChI=1S/C22H21FN2O5/c23-17-4-1-15(2-5-17)14-25-18-13-16(3-6-19(18)30-21(25)27)20(26)24-9-7-22(8-10-24)28-11-12-29-22/h1-6,13H,7-12,14H2. The molecule has 3 aromatic rings. The molecule has 1 aromatic heterocycles. The van der Waals surface area contributed by atoms with Gasteiger partial charge in [0.1, 0.15) is 5.82 Å². The number of oxazole rings is 1. The fraction of sp³-hybridized carbons (Fsp3) is 0.364. The Bertz CT molecular complexity index is 1130. The third kappa shape index (κ3) is 3.42. The minimum Gasteiger partial charge on any atom is -0.408 e. The highest BCUT2D eigenvalue weighted by atomic mass is 19.1. The summed E-state index contributed by atoms with van der Waals surface area (Å²) >= 11 is 0. The quantitative estimate of drug-likeness (QED) is 0.661. The highest BCUT2D eigenvalue weighted by Crippen LogP contribution is 2.32. The Labute approximate surface area is 171 Å². The van der Waals surface area contributed by atoms with E-state index >= 15 is 0 Å². The molecule has 0 aliphatic carbocycles. The average Bonchev–Trinajstić information content (AvgIpc) is 3.34. The molecule has 0 radical (unpaired) electrons. The molecule has 0 saturated carbocycles. The van der Waals surface area contributed by atoms with Gasteiger partial charge in [-0.25, -0.2) is 9.18 Å². The molecule has 1 spiro atoms. The van der Waals surface area contributed by atoms with E-state index in [2.05, 4.69) is 0 Å². The fourth-order valence-electron chi connectivity index (χ4n) is 4.14. The first-order valence-corrected chi connectivity index (χ1v) is 9.98. The molecule has 0 atom stereocenters. The van der Waals surface area contributed by atoms with E-state index in [9.17, 15) is 14.0 Å². The van der Waals surface area contributed by atoms with Crippen molar-refractivity contribution < 1.29 is 23.1 Å². The maximum atomic E-state index is 13.2. The Hall–Kier alpha value is -2.97. The van der Waals surface area contributed by atoms with Crippen molar-refractivity contribution in [1.29, 1.82) is 0 Å². The zero-order valence-electron chi connectivity index (χ0n) is 16.3. The van der Waals surface area contributed by atoms with Gasteiger partial charge in [-0.15, -0.1) is 0 Å². The van der Waals surface area contributed by atoms with Gasteiger partial charge in [0.2, 0.25) is 0 Å². The van der Waals surface area contributed by atoms with Crippen molar-refractivity contribution in [1.82, 2.24) is 9.47 Å². The van der Waals surface area contributed by atoms with Gasteiger partial charge in [0.25, 0.3) is 5.91 Å². The van der Waals surface area contributed by atoms with Crippen molar-refractivity contribution in [2.24, 2.45) is 0 Å². The highest BCUT2D eigenvalue weighted by molar-refractivity contribution is 5.97. The van der Waals surface area contributed by atoms with Crippen molar-refractivity contribution in [3.05, 3.63) is 70.0 Å². The Balaban J connectivity index is 1.39. The highest BCUT2D eigenvalue weighted by Gasteiger charge is 2.40. The number of benzene rings is 2. The van der Waals surface area contributed by atoms with Gasteiger partial charge in [-0.2, -0.15) is 0 Å². The smallest absolute Gasteiger partial charge is 0.408 e. The molecule has 1 amide bonds. The van der Waals surface area contributed by atoms with Gasteiger partial charge in [-0.3, -0.25) is 9.36 Å². The van der Waals surface area contributed by atoms with E-state index in [4.69, 9.17) is 13.9 Å². The van der Waals surface area contributed by atoms with Crippen LogP contribution in [0.4, 0.5) is 4.39 Å².